The van der Waals surface area contributed by atoms with Gasteiger partial charge in [0.2, 0.25) is 0 Å². The smallest absolute Gasteiger partial charge is 0.304 e. The van der Waals surface area contributed by atoms with E-state index in [0.29, 0.717) is 0 Å². The minimum Gasteiger partial charge on any atom is -0.393 e. The van der Waals surface area contributed by atoms with E-state index in [1.807, 2.05) is 0 Å². The number of nitro benzene ring substituents is 1. The maximum absolute atomic E-state index is 12.0. The van der Waals surface area contributed by atoms with E-state index < -0.39 is 22.6 Å². The molecule has 1 rings (SSSR count). The summed E-state index contributed by atoms with van der Waals surface area (Å²) < 4.78 is 0. The zero-order valence-corrected chi connectivity index (χ0v) is 10.2. The van der Waals surface area contributed by atoms with Gasteiger partial charge in [0.05, 0.1) is 11.0 Å². The van der Waals surface area contributed by atoms with Gasteiger partial charge in [0.1, 0.15) is 11.3 Å². The number of likely N-dealkylation sites (N-methyl/N-ethyl adjacent to an activating group) is 1. The van der Waals surface area contributed by atoms with E-state index in [1.54, 1.807) is 0 Å². The second-order valence-electron chi connectivity index (χ2n) is 4.04. The first-order valence-corrected chi connectivity index (χ1v) is 5.31. The molecule has 98 valence electrons. The Morgan fingerprint density at radius 3 is 2.72 bits per heavy atom. The number of hydrogen-bond donors (Lipinski definition) is 2. The Labute approximate surface area is 104 Å². The maximum atomic E-state index is 12.0. The van der Waals surface area contributed by atoms with Gasteiger partial charge >= 0.3 is 5.69 Å². The fourth-order valence-corrected chi connectivity index (χ4v) is 1.62. The first-order valence-electron chi connectivity index (χ1n) is 5.31. The second-order valence-corrected chi connectivity index (χ2v) is 4.04. The number of nitro groups is 1. The Kier molecular flexibility index (Phi) is 4.22. The third-order valence-electron chi connectivity index (χ3n) is 2.36. The molecule has 0 heterocycles. The van der Waals surface area contributed by atoms with Crippen molar-refractivity contribution in [3.63, 3.8) is 0 Å². The van der Waals surface area contributed by atoms with Crippen LogP contribution in [0, 0.1) is 10.1 Å². The molecular weight excluding hydrogens is 238 g/mol. The first-order chi connectivity index (χ1) is 8.34. The van der Waals surface area contributed by atoms with Crippen LogP contribution in [0.3, 0.4) is 0 Å². The fourth-order valence-electron chi connectivity index (χ4n) is 1.62. The molecule has 1 aromatic rings. The highest BCUT2D eigenvalue weighted by Gasteiger charge is 2.25. The third-order valence-corrected chi connectivity index (χ3v) is 2.36. The van der Waals surface area contributed by atoms with Crippen LogP contribution in [0.15, 0.2) is 18.2 Å². The molecule has 0 saturated heterocycles. The molecule has 7 heteroatoms. The number of benzene rings is 1. The van der Waals surface area contributed by atoms with E-state index in [4.69, 9.17) is 5.73 Å². The summed E-state index contributed by atoms with van der Waals surface area (Å²) >= 11 is 0. The van der Waals surface area contributed by atoms with Crippen molar-refractivity contribution in [3.8, 4) is 0 Å². The SMILES string of the molecule is CC(O)CN(C)C(=O)c1cccc(N)c1[N+](=O)[O-]. The lowest BCUT2D eigenvalue weighted by Crippen LogP contribution is -2.33. The molecule has 0 saturated carbocycles. The normalized spacial score (nSPS) is 11.9. The lowest BCUT2D eigenvalue weighted by molar-refractivity contribution is -0.384. The van der Waals surface area contributed by atoms with Gasteiger partial charge in [-0.25, -0.2) is 0 Å². The fraction of sp³-hybridized carbons (Fsp3) is 0.364. The van der Waals surface area contributed by atoms with Gasteiger partial charge in [-0.05, 0) is 19.1 Å². The summed E-state index contributed by atoms with van der Waals surface area (Å²) in [5.41, 5.74) is 4.96. The Hall–Kier alpha value is -2.15. The molecule has 1 atom stereocenters. The van der Waals surface area contributed by atoms with Crippen LogP contribution < -0.4 is 5.73 Å². The van der Waals surface area contributed by atoms with Crippen LogP contribution in [0.25, 0.3) is 0 Å². The Bertz CT molecular complexity index is 473. The Morgan fingerprint density at radius 1 is 1.61 bits per heavy atom. The van der Waals surface area contributed by atoms with E-state index in [2.05, 4.69) is 0 Å². The van der Waals surface area contributed by atoms with Gasteiger partial charge in [-0.2, -0.15) is 0 Å². The molecule has 0 radical (unpaired) electrons. The van der Waals surface area contributed by atoms with Gasteiger partial charge in [-0.15, -0.1) is 0 Å². The number of carbonyl (C=O) groups is 1. The molecule has 1 unspecified atom stereocenters. The van der Waals surface area contributed by atoms with Gasteiger partial charge in [0.25, 0.3) is 5.91 Å². The highest BCUT2D eigenvalue weighted by atomic mass is 16.6. The number of hydrogen-bond acceptors (Lipinski definition) is 5. The Morgan fingerprint density at radius 2 is 2.22 bits per heavy atom. The average molecular weight is 253 g/mol. The number of rotatable bonds is 4. The molecule has 0 aliphatic carbocycles. The van der Waals surface area contributed by atoms with Crippen molar-refractivity contribution in [2.24, 2.45) is 0 Å². The number of nitrogens with zero attached hydrogens (tertiary/aromatic N) is 2. The average Bonchev–Trinajstić information content (AvgIpc) is 2.26. The number of carbonyl (C=O) groups excluding carboxylic acids is 1. The molecule has 0 spiro atoms. The molecule has 0 bridgehead atoms. The summed E-state index contributed by atoms with van der Waals surface area (Å²) in [5, 5.41) is 20.1. The minimum atomic E-state index is -0.709. The topological polar surface area (TPSA) is 110 Å². The van der Waals surface area contributed by atoms with Crippen LogP contribution in [0.2, 0.25) is 0 Å². The molecule has 0 aliphatic heterocycles. The number of aliphatic hydroxyl groups is 1. The van der Waals surface area contributed by atoms with Gasteiger partial charge < -0.3 is 15.7 Å². The number of nitrogens with two attached hydrogens (primary N) is 1. The molecule has 0 aromatic heterocycles. The zero-order chi connectivity index (χ0) is 13.9. The predicted octanol–water partition coefficient (Wildman–Crippen LogP) is 0.630. The van der Waals surface area contributed by atoms with Crippen molar-refractivity contribution in [1.29, 1.82) is 0 Å². The molecule has 7 nitrogen and oxygen atoms in total. The van der Waals surface area contributed by atoms with E-state index >= 15 is 0 Å². The van der Waals surface area contributed by atoms with Crippen LogP contribution in [-0.4, -0.2) is 40.5 Å². The largest absolute Gasteiger partial charge is 0.393 e. The van der Waals surface area contributed by atoms with Crippen molar-refractivity contribution in [1.82, 2.24) is 4.90 Å². The van der Waals surface area contributed by atoms with Crippen molar-refractivity contribution >= 4 is 17.3 Å². The minimum absolute atomic E-state index is 0.0590. The number of aliphatic hydroxyl groups excluding tert-OH is 1. The quantitative estimate of drug-likeness (QED) is 0.464. The summed E-state index contributed by atoms with van der Waals surface area (Å²) in [7, 11) is 1.46. The molecule has 0 fully saturated rings. The molecule has 3 N–H and O–H groups in total. The standard InChI is InChI=1S/C11H15N3O4/c1-7(15)6-13(2)11(16)8-4-3-5-9(12)10(8)14(17)18/h3-5,7,15H,6,12H2,1-2H3. The van der Waals surface area contributed by atoms with Gasteiger partial charge in [0.15, 0.2) is 0 Å². The summed E-state index contributed by atoms with van der Waals surface area (Å²) in [6.07, 6.45) is -0.709. The number of para-hydroxylation sites is 1. The Balaban J connectivity index is 3.13. The third kappa shape index (κ3) is 2.95. The monoisotopic (exact) mass is 253 g/mol. The van der Waals surface area contributed by atoms with Crippen molar-refractivity contribution in [2.75, 3.05) is 19.3 Å². The number of amides is 1. The molecular formula is C11H15N3O4. The molecule has 18 heavy (non-hydrogen) atoms. The van der Waals surface area contributed by atoms with E-state index in [-0.39, 0.29) is 17.8 Å². The molecule has 1 amide bonds. The van der Waals surface area contributed by atoms with E-state index in [1.165, 1.54) is 37.1 Å². The number of nitrogen functional groups attached to an aromatic ring is 1. The molecule has 0 aliphatic rings. The zero-order valence-electron chi connectivity index (χ0n) is 10.2. The van der Waals surface area contributed by atoms with Crippen LogP contribution in [0.5, 0.6) is 0 Å². The first kappa shape index (κ1) is 13.9. The van der Waals surface area contributed by atoms with Gasteiger partial charge in [-0.3, -0.25) is 14.9 Å². The summed E-state index contributed by atoms with van der Waals surface area (Å²) in [4.78, 5) is 23.4. The summed E-state index contributed by atoms with van der Waals surface area (Å²) in [5.74, 6) is -0.546. The van der Waals surface area contributed by atoms with Crippen LogP contribution >= 0.6 is 0 Å². The summed E-state index contributed by atoms with van der Waals surface area (Å²) in [6.45, 7) is 1.61. The molecule has 1 aromatic carbocycles. The van der Waals surface area contributed by atoms with Crippen LogP contribution in [-0.2, 0) is 0 Å². The van der Waals surface area contributed by atoms with Crippen molar-refractivity contribution in [2.45, 2.75) is 13.0 Å². The second kappa shape index (κ2) is 5.46. The van der Waals surface area contributed by atoms with E-state index in [0.717, 1.165) is 0 Å². The predicted molar refractivity (Wildman–Crippen MR) is 66.2 cm³/mol. The summed E-state index contributed by atoms with van der Waals surface area (Å²) in [6, 6.07) is 4.19. The van der Waals surface area contributed by atoms with Crippen LogP contribution in [0.4, 0.5) is 11.4 Å². The van der Waals surface area contributed by atoms with Crippen molar-refractivity contribution < 1.29 is 14.8 Å². The van der Waals surface area contributed by atoms with Gasteiger partial charge in [0, 0.05) is 13.6 Å². The highest BCUT2D eigenvalue weighted by Crippen LogP contribution is 2.26. The maximum Gasteiger partial charge on any atom is 0.304 e. The van der Waals surface area contributed by atoms with Crippen LogP contribution in [0.1, 0.15) is 17.3 Å². The number of anilines is 1. The lowest BCUT2D eigenvalue weighted by Gasteiger charge is -2.18. The van der Waals surface area contributed by atoms with Gasteiger partial charge in [-0.1, -0.05) is 6.07 Å². The van der Waals surface area contributed by atoms with E-state index in [9.17, 15) is 20.0 Å². The highest BCUT2D eigenvalue weighted by molar-refractivity contribution is 6.00. The lowest BCUT2D eigenvalue weighted by atomic mass is 10.1. The van der Waals surface area contributed by atoms with Crippen molar-refractivity contribution in [3.05, 3.63) is 33.9 Å².